The first-order chi connectivity index (χ1) is 12.9. The van der Waals surface area contributed by atoms with Crippen molar-refractivity contribution in [3.05, 3.63) is 59.6 Å². The number of carbonyl (C=O) groups is 1. The van der Waals surface area contributed by atoms with Crippen LogP contribution in [0.5, 0.6) is 0 Å². The van der Waals surface area contributed by atoms with Crippen molar-refractivity contribution in [2.75, 3.05) is 31.5 Å². The average molecular weight is 408 g/mol. The summed E-state index contributed by atoms with van der Waals surface area (Å²) >= 11 is 5.84. The molecule has 2 aromatic rings. The molecule has 0 saturated carbocycles. The Labute approximate surface area is 164 Å². The molecule has 1 aliphatic rings. The monoisotopic (exact) mass is 407 g/mol. The Kier molecular flexibility index (Phi) is 6.16. The minimum absolute atomic E-state index is 0.0673. The van der Waals surface area contributed by atoms with Crippen LogP contribution < -0.4 is 5.32 Å². The topological polar surface area (TPSA) is 69.7 Å². The van der Waals surface area contributed by atoms with E-state index in [2.05, 4.69) is 5.32 Å². The predicted octanol–water partition coefficient (Wildman–Crippen LogP) is 2.67. The van der Waals surface area contributed by atoms with Crippen LogP contribution in [-0.2, 0) is 14.8 Å². The van der Waals surface area contributed by atoms with Crippen LogP contribution >= 0.6 is 11.6 Å². The largest absolute Gasteiger partial charge is 0.325 e. The number of benzene rings is 2. The van der Waals surface area contributed by atoms with Crippen LogP contribution in [0.15, 0.2) is 59.5 Å². The molecule has 0 aromatic heterocycles. The number of nitrogens with zero attached hydrogens (tertiary/aromatic N) is 2. The first kappa shape index (κ1) is 19.8. The standard InChI is InChI=1S/C19H22ClN3O3S/c1-15-13-23(27(25,26)18-9-7-16(20)8-10-18)12-11-22(15)14-19(24)21-17-5-3-2-4-6-17/h2-10,15H,11-14H2,1H3,(H,21,24)/t15-/m1/s1. The fraction of sp³-hybridized carbons (Fsp3) is 0.316. The number of hydrogen-bond donors (Lipinski definition) is 1. The number of hydrogen-bond acceptors (Lipinski definition) is 4. The van der Waals surface area contributed by atoms with Gasteiger partial charge in [-0.1, -0.05) is 29.8 Å². The van der Waals surface area contributed by atoms with Crippen molar-refractivity contribution in [1.29, 1.82) is 0 Å². The minimum atomic E-state index is -3.56. The lowest BCUT2D eigenvalue weighted by atomic mass is 10.2. The molecule has 1 heterocycles. The van der Waals surface area contributed by atoms with E-state index >= 15 is 0 Å². The van der Waals surface area contributed by atoms with Crippen molar-refractivity contribution in [3.63, 3.8) is 0 Å². The second-order valence-electron chi connectivity index (χ2n) is 6.55. The highest BCUT2D eigenvalue weighted by Crippen LogP contribution is 2.21. The summed E-state index contributed by atoms with van der Waals surface area (Å²) in [4.78, 5) is 14.5. The second kappa shape index (κ2) is 8.39. The molecule has 1 fully saturated rings. The van der Waals surface area contributed by atoms with Crippen LogP contribution in [0.25, 0.3) is 0 Å². The van der Waals surface area contributed by atoms with Gasteiger partial charge in [-0.2, -0.15) is 4.31 Å². The van der Waals surface area contributed by atoms with Gasteiger partial charge < -0.3 is 5.32 Å². The first-order valence-electron chi connectivity index (χ1n) is 8.71. The lowest BCUT2D eigenvalue weighted by molar-refractivity contribution is -0.118. The van der Waals surface area contributed by atoms with E-state index in [0.717, 1.165) is 5.69 Å². The van der Waals surface area contributed by atoms with Gasteiger partial charge in [0, 0.05) is 36.4 Å². The van der Waals surface area contributed by atoms with E-state index in [4.69, 9.17) is 11.6 Å². The van der Waals surface area contributed by atoms with Gasteiger partial charge >= 0.3 is 0 Å². The Hall–Kier alpha value is -1.93. The molecule has 1 amide bonds. The molecule has 1 saturated heterocycles. The van der Waals surface area contributed by atoms with Gasteiger partial charge in [0.15, 0.2) is 0 Å². The van der Waals surface area contributed by atoms with E-state index in [1.807, 2.05) is 42.2 Å². The summed E-state index contributed by atoms with van der Waals surface area (Å²) in [6.45, 7) is 3.33. The molecule has 1 N–H and O–H groups in total. The van der Waals surface area contributed by atoms with E-state index < -0.39 is 10.0 Å². The molecule has 0 bridgehead atoms. The van der Waals surface area contributed by atoms with Gasteiger partial charge in [-0.05, 0) is 43.3 Å². The van der Waals surface area contributed by atoms with Crippen LogP contribution in [0.3, 0.4) is 0 Å². The predicted molar refractivity (Wildman–Crippen MR) is 106 cm³/mol. The van der Waals surface area contributed by atoms with Crippen molar-refractivity contribution in [3.8, 4) is 0 Å². The maximum atomic E-state index is 12.8. The number of piperazine rings is 1. The molecular formula is C19H22ClN3O3S. The maximum Gasteiger partial charge on any atom is 0.243 e. The molecule has 27 heavy (non-hydrogen) atoms. The third kappa shape index (κ3) is 4.87. The van der Waals surface area contributed by atoms with Gasteiger partial charge in [0.25, 0.3) is 0 Å². The molecule has 6 nitrogen and oxygen atoms in total. The van der Waals surface area contributed by atoms with Crippen molar-refractivity contribution in [2.24, 2.45) is 0 Å². The average Bonchev–Trinajstić information content (AvgIpc) is 2.64. The Morgan fingerprint density at radius 1 is 1.11 bits per heavy atom. The Bertz CT molecular complexity index is 888. The molecule has 0 radical (unpaired) electrons. The zero-order valence-corrected chi connectivity index (χ0v) is 16.6. The smallest absolute Gasteiger partial charge is 0.243 e. The molecule has 1 aliphatic heterocycles. The lowest BCUT2D eigenvalue weighted by Crippen LogP contribution is -2.55. The van der Waals surface area contributed by atoms with Crippen LogP contribution in [-0.4, -0.2) is 55.8 Å². The zero-order chi connectivity index (χ0) is 19.4. The number of rotatable bonds is 5. The van der Waals surface area contributed by atoms with Gasteiger partial charge in [-0.3, -0.25) is 9.69 Å². The Balaban J connectivity index is 1.60. The number of anilines is 1. The third-order valence-corrected chi connectivity index (χ3v) is 6.71. The van der Waals surface area contributed by atoms with E-state index in [0.29, 0.717) is 24.7 Å². The molecule has 2 aromatic carbocycles. The Morgan fingerprint density at radius 2 is 1.78 bits per heavy atom. The quantitative estimate of drug-likeness (QED) is 0.827. The number of para-hydroxylation sites is 1. The summed E-state index contributed by atoms with van der Waals surface area (Å²) < 4.78 is 27.1. The molecule has 0 unspecified atom stereocenters. The molecule has 0 spiro atoms. The van der Waals surface area contributed by atoms with Crippen LogP contribution in [0.4, 0.5) is 5.69 Å². The molecule has 8 heteroatoms. The summed E-state index contributed by atoms with van der Waals surface area (Å²) in [5.74, 6) is -0.109. The van der Waals surface area contributed by atoms with E-state index in [9.17, 15) is 13.2 Å². The minimum Gasteiger partial charge on any atom is -0.325 e. The maximum absolute atomic E-state index is 12.8. The summed E-state index contributed by atoms with van der Waals surface area (Å²) in [6, 6.07) is 15.4. The zero-order valence-electron chi connectivity index (χ0n) is 15.0. The summed E-state index contributed by atoms with van der Waals surface area (Å²) in [5, 5.41) is 3.35. The van der Waals surface area contributed by atoms with Gasteiger partial charge in [0.1, 0.15) is 0 Å². The fourth-order valence-corrected chi connectivity index (χ4v) is 4.72. The van der Waals surface area contributed by atoms with Crippen LogP contribution in [0.2, 0.25) is 5.02 Å². The third-order valence-electron chi connectivity index (χ3n) is 4.58. The van der Waals surface area contributed by atoms with Gasteiger partial charge in [-0.15, -0.1) is 0 Å². The first-order valence-corrected chi connectivity index (χ1v) is 10.5. The second-order valence-corrected chi connectivity index (χ2v) is 8.93. The van der Waals surface area contributed by atoms with E-state index in [1.54, 1.807) is 12.1 Å². The molecule has 0 aliphatic carbocycles. The number of carbonyl (C=O) groups excluding carboxylic acids is 1. The normalized spacial score (nSPS) is 19.0. The van der Waals surface area contributed by atoms with Crippen molar-refractivity contribution in [1.82, 2.24) is 9.21 Å². The molecule has 144 valence electrons. The van der Waals surface area contributed by atoms with Crippen molar-refractivity contribution < 1.29 is 13.2 Å². The number of nitrogens with one attached hydrogen (secondary N) is 1. The highest BCUT2D eigenvalue weighted by Gasteiger charge is 2.32. The SMILES string of the molecule is C[C@@H]1CN(S(=O)(=O)c2ccc(Cl)cc2)CCN1CC(=O)Nc1ccccc1. The number of halogens is 1. The molecular weight excluding hydrogens is 386 g/mol. The summed E-state index contributed by atoms with van der Waals surface area (Å²) in [5.41, 5.74) is 0.749. The Morgan fingerprint density at radius 3 is 2.41 bits per heavy atom. The summed E-state index contributed by atoms with van der Waals surface area (Å²) in [7, 11) is -3.56. The van der Waals surface area contributed by atoms with Gasteiger partial charge in [0.2, 0.25) is 15.9 Å². The van der Waals surface area contributed by atoms with Crippen LogP contribution in [0.1, 0.15) is 6.92 Å². The highest BCUT2D eigenvalue weighted by molar-refractivity contribution is 7.89. The molecule has 3 rings (SSSR count). The lowest BCUT2D eigenvalue weighted by Gasteiger charge is -2.38. The fourth-order valence-electron chi connectivity index (χ4n) is 3.08. The van der Waals surface area contributed by atoms with Crippen molar-refractivity contribution >= 4 is 33.2 Å². The summed E-state index contributed by atoms with van der Waals surface area (Å²) in [6.07, 6.45) is 0. The van der Waals surface area contributed by atoms with Gasteiger partial charge in [-0.25, -0.2) is 8.42 Å². The van der Waals surface area contributed by atoms with Crippen LogP contribution in [0, 0.1) is 0 Å². The highest BCUT2D eigenvalue weighted by atomic mass is 35.5. The molecule has 1 atom stereocenters. The van der Waals surface area contributed by atoms with E-state index in [1.165, 1.54) is 16.4 Å². The van der Waals surface area contributed by atoms with Crippen molar-refractivity contribution in [2.45, 2.75) is 17.9 Å². The number of amides is 1. The number of sulfonamides is 1. The van der Waals surface area contributed by atoms with Gasteiger partial charge in [0.05, 0.1) is 11.4 Å². The van der Waals surface area contributed by atoms with E-state index in [-0.39, 0.29) is 23.4 Å².